The van der Waals surface area contributed by atoms with Crippen molar-refractivity contribution in [2.75, 3.05) is 0 Å². The van der Waals surface area contributed by atoms with Crippen LogP contribution in [0.1, 0.15) is 34.9 Å². The summed E-state index contributed by atoms with van der Waals surface area (Å²) in [7, 11) is 0. The van der Waals surface area contributed by atoms with Crippen LogP contribution in [0.2, 0.25) is 0 Å². The summed E-state index contributed by atoms with van der Waals surface area (Å²) in [5.41, 5.74) is 4.17. The lowest BCUT2D eigenvalue weighted by Crippen LogP contribution is -1.98. The van der Waals surface area contributed by atoms with Crippen LogP contribution < -0.4 is 0 Å². The average Bonchev–Trinajstić information content (AvgIpc) is 2.88. The van der Waals surface area contributed by atoms with E-state index in [1.54, 1.807) is 0 Å². The largest absolute Gasteiger partial charge is 0.0836 e. The molecule has 0 bridgehead atoms. The van der Waals surface area contributed by atoms with Crippen molar-refractivity contribution >= 4 is 31.9 Å². The number of alkyl halides is 1. The molecule has 0 aromatic heterocycles. The molecule has 1 aromatic carbocycles. The van der Waals surface area contributed by atoms with E-state index in [4.69, 9.17) is 0 Å². The van der Waals surface area contributed by atoms with E-state index in [2.05, 4.69) is 64.8 Å². The van der Waals surface area contributed by atoms with Gasteiger partial charge >= 0.3 is 0 Å². The molecule has 82 valence electrons. The summed E-state index contributed by atoms with van der Waals surface area (Å²) < 4.78 is 1.22. The second kappa shape index (κ2) is 4.21. The standard InChI is InChI=1S/C13H16Br2/c1-7-4-10(7)13(15)11-5-9(3)12(14)6-8(11)2/h5-7,10,13H,4H2,1-3H3. The topological polar surface area (TPSA) is 0 Å². The van der Waals surface area contributed by atoms with Crippen LogP contribution in [-0.2, 0) is 0 Å². The normalized spacial score (nSPS) is 26.5. The molecule has 0 nitrogen and oxygen atoms in total. The fourth-order valence-corrected chi connectivity index (χ4v) is 3.78. The molecule has 3 unspecified atom stereocenters. The Balaban J connectivity index is 2.31. The summed E-state index contributed by atoms with van der Waals surface area (Å²) in [6.45, 7) is 6.68. The van der Waals surface area contributed by atoms with Gasteiger partial charge in [-0.2, -0.15) is 0 Å². The minimum absolute atomic E-state index is 0.541. The van der Waals surface area contributed by atoms with Gasteiger partial charge in [0.25, 0.3) is 0 Å². The molecule has 2 heteroatoms. The fraction of sp³-hybridized carbons (Fsp3) is 0.538. The van der Waals surface area contributed by atoms with Crippen LogP contribution in [0, 0.1) is 25.7 Å². The van der Waals surface area contributed by atoms with Gasteiger partial charge in [0.1, 0.15) is 0 Å². The molecule has 0 saturated heterocycles. The van der Waals surface area contributed by atoms with Crippen molar-refractivity contribution in [2.45, 2.75) is 32.0 Å². The van der Waals surface area contributed by atoms with Crippen molar-refractivity contribution in [2.24, 2.45) is 11.8 Å². The Kier molecular flexibility index (Phi) is 3.27. The Morgan fingerprint density at radius 3 is 2.40 bits per heavy atom. The van der Waals surface area contributed by atoms with Gasteiger partial charge in [0.2, 0.25) is 0 Å². The third-order valence-corrected chi connectivity index (χ3v) is 5.42. The molecule has 0 spiro atoms. The molecular formula is C13H16Br2. The highest BCUT2D eigenvalue weighted by Crippen LogP contribution is 2.52. The van der Waals surface area contributed by atoms with Gasteiger partial charge in [-0.25, -0.2) is 0 Å². The molecule has 0 amide bonds. The Bertz CT molecular complexity index is 384. The van der Waals surface area contributed by atoms with Crippen molar-refractivity contribution in [3.8, 4) is 0 Å². The molecule has 1 aliphatic carbocycles. The van der Waals surface area contributed by atoms with Crippen molar-refractivity contribution < 1.29 is 0 Å². The average molecular weight is 332 g/mol. The van der Waals surface area contributed by atoms with Crippen LogP contribution in [0.4, 0.5) is 0 Å². The molecule has 1 fully saturated rings. The molecular weight excluding hydrogens is 316 g/mol. The summed E-state index contributed by atoms with van der Waals surface area (Å²) in [5.74, 6) is 1.72. The lowest BCUT2D eigenvalue weighted by atomic mass is 10.00. The smallest absolute Gasteiger partial charge is 0.0428 e. The number of benzene rings is 1. The number of hydrogen-bond acceptors (Lipinski definition) is 0. The van der Waals surface area contributed by atoms with Crippen molar-refractivity contribution in [3.63, 3.8) is 0 Å². The van der Waals surface area contributed by atoms with Crippen LogP contribution in [0.25, 0.3) is 0 Å². The minimum atomic E-state index is 0.541. The highest BCUT2D eigenvalue weighted by Gasteiger charge is 2.39. The Labute approximate surface area is 109 Å². The highest BCUT2D eigenvalue weighted by molar-refractivity contribution is 9.10. The SMILES string of the molecule is Cc1cc(C(Br)C2CC2C)c(C)cc1Br. The molecule has 1 aromatic rings. The van der Waals surface area contributed by atoms with E-state index < -0.39 is 0 Å². The molecule has 1 saturated carbocycles. The van der Waals surface area contributed by atoms with Gasteiger partial charge in [0.05, 0.1) is 0 Å². The zero-order valence-corrected chi connectivity index (χ0v) is 12.5. The minimum Gasteiger partial charge on any atom is -0.0836 e. The van der Waals surface area contributed by atoms with Gasteiger partial charge in [0, 0.05) is 9.30 Å². The number of halogens is 2. The number of aryl methyl sites for hydroxylation is 2. The monoisotopic (exact) mass is 330 g/mol. The molecule has 3 atom stereocenters. The molecule has 15 heavy (non-hydrogen) atoms. The highest BCUT2D eigenvalue weighted by atomic mass is 79.9. The van der Waals surface area contributed by atoms with Gasteiger partial charge in [-0.15, -0.1) is 0 Å². The zero-order chi connectivity index (χ0) is 11.2. The van der Waals surface area contributed by atoms with Gasteiger partial charge < -0.3 is 0 Å². The molecule has 1 aliphatic rings. The van der Waals surface area contributed by atoms with Crippen LogP contribution in [-0.4, -0.2) is 0 Å². The summed E-state index contributed by atoms with van der Waals surface area (Å²) in [6.07, 6.45) is 1.37. The number of hydrogen-bond donors (Lipinski definition) is 0. The predicted octanol–water partition coefficient (Wildman–Crippen LogP) is 5.16. The van der Waals surface area contributed by atoms with Gasteiger partial charge in [-0.05, 0) is 54.9 Å². The molecule has 2 rings (SSSR count). The van der Waals surface area contributed by atoms with Crippen LogP contribution >= 0.6 is 31.9 Å². The van der Waals surface area contributed by atoms with E-state index in [0.29, 0.717) is 4.83 Å². The van der Waals surface area contributed by atoms with E-state index in [-0.39, 0.29) is 0 Å². The maximum Gasteiger partial charge on any atom is 0.0428 e. The quantitative estimate of drug-likeness (QED) is 0.657. The number of rotatable bonds is 2. The van der Waals surface area contributed by atoms with Gasteiger partial charge in [0.15, 0.2) is 0 Å². The third-order valence-electron chi connectivity index (χ3n) is 3.39. The molecule has 0 N–H and O–H groups in total. The second-order valence-corrected chi connectivity index (χ2v) is 6.58. The summed E-state index contributed by atoms with van der Waals surface area (Å²) in [5, 5.41) is 0. The van der Waals surface area contributed by atoms with E-state index >= 15 is 0 Å². The lowest BCUT2D eigenvalue weighted by Gasteiger charge is -2.14. The Hall–Kier alpha value is 0.180. The van der Waals surface area contributed by atoms with Crippen LogP contribution in [0.5, 0.6) is 0 Å². The molecule has 0 heterocycles. The molecule has 0 aliphatic heterocycles. The summed E-state index contributed by atoms with van der Waals surface area (Å²) >= 11 is 7.43. The first-order chi connectivity index (χ1) is 7.00. The second-order valence-electron chi connectivity index (χ2n) is 4.74. The van der Waals surface area contributed by atoms with Crippen LogP contribution in [0.15, 0.2) is 16.6 Å². The first kappa shape index (κ1) is 11.7. The maximum atomic E-state index is 3.85. The van der Waals surface area contributed by atoms with E-state index in [0.717, 1.165) is 11.8 Å². The summed E-state index contributed by atoms with van der Waals surface area (Å²) in [4.78, 5) is 0.541. The molecule has 0 radical (unpaired) electrons. The maximum absolute atomic E-state index is 3.85. The van der Waals surface area contributed by atoms with Gasteiger partial charge in [-0.1, -0.05) is 44.8 Å². The van der Waals surface area contributed by atoms with Gasteiger partial charge in [-0.3, -0.25) is 0 Å². The van der Waals surface area contributed by atoms with Crippen molar-refractivity contribution in [1.82, 2.24) is 0 Å². The first-order valence-electron chi connectivity index (χ1n) is 5.41. The Morgan fingerprint density at radius 1 is 1.27 bits per heavy atom. The predicted molar refractivity (Wildman–Crippen MR) is 72.6 cm³/mol. The fourth-order valence-electron chi connectivity index (χ4n) is 2.09. The van der Waals surface area contributed by atoms with E-state index in [9.17, 15) is 0 Å². The zero-order valence-electron chi connectivity index (χ0n) is 9.35. The van der Waals surface area contributed by atoms with E-state index in [1.165, 1.54) is 27.6 Å². The Morgan fingerprint density at radius 2 is 1.87 bits per heavy atom. The summed E-state index contributed by atoms with van der Waals surface area (Å²) in [6, 6.07) is 4.54. The van der Waals surface area contributed by atoms with Crippen molar-refractivity contribution in [1.29, 1.82) is 0 Å². The van der Waals surface area contributed by atoms with Crippen LogP contribution in [0.3, 0.4) is 0 Å². The first-order valence-corrected chi connectivity index (χ1v) is 7.12. The van der Waals surface area contributed by atoms with E-state index in [1.807, 2.05) is 0 Å². The third kappa shape index (κ3) is 2.31. The van der Waals surface area contributed by atoms with Crippen molar-refractivity contribution in [3.05, 3.63) is 33.3 Å². The lowest BCUT2D eigenvalue weighted by molar-refractivity contribution is 0.736.